The van der Waals surface area contributed by atoms with Crippen molar-refractivity contribution in [2.24, 2.45) is 0 Å². The molecule has 2 rings (SSSR count). The molecule has 0 bridgehead atoms. The number of nitrogens with zero attached hydrogens (tertiary/aromatic N) is 1. The molecule has 2 aromatic rings. The zero-order valence-electron chi connectivity index (χ0n) is 15.9. The van der Waals surface area contributed by atoms with Gasteiger partial charge in [0, 0.05) is 7.05 Å². The van der Waals surface area contributed by atoms with Crippen LogP contribution in [0.4, 0.5) is 5.69 Å². The predicted octanol–water partition coefficient (Wildman–Crippen LogP) is 1.43. The first-order valence-corrected chi connectivity index (χ1v) is 9.84. The molecular weight excluding hydrogens is 396 g/mol. The molecule has 0 radical (unpaired) electrons. The van der Waals surface area contributed by atoms with E-state index in [9.17, 15) is 18.0 Å². The molecule has 0 saturated carbocycles. The highest BCUT2D eigenvalue weighted by Gasteiger charge is 2.24. The zero-order chi connectivity index (χ0) is 21.4. The van der Waals surface area contributed by atoms with E-state index in [0.29, 0.717) is 11.4 Å². The van der Waals surface area contributed by atoms with Crippen LogP contribution in [0.25, 0.3) is 0 Å². The number of hydrogen-bond donors (Lipinski definition) is 1. The van der Waals surface area contributed by atoms with Gasteiger partial charge in [-0.2, -0.15) is 0 Å². The van der Waals surface area contributed by atoms with Crippen LogP contribution in [0.3, 0.4) is 0 Å². The first kappa shape index (κ1) is 21.8. The lowest BCUT2D eigenvalue weighted by Gasteiger charge is -2.21. The number of methoxy groups -OCH3 is 1. The van der Waals surface area contributed by atoms with Crippen molar-refractivity contribution in [3.8, 4) is 18.1 Å². The van der Waals surface area contributed by atoms with Crippen molar-refractivity contribution in [1.29, 1.82) is 0 Å². The number of hydrogen-bond acceptors (Lipinski definition) is 6. The Balaban J connectivity index is 2.13. The van der Waals surface area contributed by atoms with Gasteiger partial charge in [-0.05, 0) is 36.4 Å². The minimum atomic E-state index is -3.88. The van der Waals surface area contributed by atoms with E-state index in [0.717, 1.165) is 4.31 Å². The molecule has 0 saturated heterocycles. The van der Waals surface area contributed by atoms with E-state index in [1.54, 1.807) is 24.3 Å². The molecule has 0 fully saturated rings. The zero-order valence-corrected chi connectivity index (χ0v) is 16.7. The van der Waals surface area contributed by atoms with Crippen molar-refractivity contribution in [3.05, 3.63) is 54.1 Å². The summed E-state index contributed by atoms with van der Waals surface area (Å²) >= 11 is 0. The van der Waals surface area contributed by atoms with Gasteiger partial charge in [0.25, 0.3) is 15.9 Å². The Bertz CT molecular complexity index is 1030. The molecule has 9 heteroatoms. The highest BCUT2D eigenvalue weighted by Crippen LogP contribution is 2.30. The number of rotatable bonds is 8. The smallest absolute Gasteiger partial charge is 0.338 e. The lowest BCUT2D eigenvalue weighted by molar-refractivity contribution is -0.123. The molecule has 152 valence electrons. The summed E-state index contributed by atoms with van der Waals surface area (Å²) in [5.74, 6) is 1.34. The lowest BCUT2D eigenvalue weighted by atomic mass is 10.2. The van der Waals surface area contributed by atoms with Gasteiger partial charge in [-0.25, -0.2) is 13.2 Å². The van der Waals surface area contributed by atoms with Crippen LogP contribution in [0.15, 0.2) is 53.4 Å². The highest BCUT2D eigenvalue weighted by molar-refractivity contribution is 7.92. The Labute approximate surface area is 169 Å². The highest BCUT2D eigenvalue weighted by atomic mass is 32.2. The number of terminal acetylenes is 1. The standard InChI is InChI=1S/C20H20N2O6S/c1-4-13-21-19(23)14-28-20(24)15-9-11-16(12-10-15)29(25,26)22(2)17-7-5-6-8-18(17)27-3/h1,5-12H,13-14H2,2-3H3,(H,21,23). The molecule has 0 atom stereocenters. The largest absolute Gasteiger partial charge is 0.495 e. The van der Waals surface area contributed by atoms with E-state index in [2.05, 4.69) is 11.2 Å². The number of carbonyl (C=O) groups is 2. The third-order valence-electron chi connectivity index (χ3n) is 3.89. The van der Waals surface area contributed by atoms with Gasteiger partial charge in [0.2, 0.25) is 0 Å². The van der Waals surface area contributed by atoms with Crippen molar-refractivity contribution < 1.29 is 27.5 Å². The monoisotopic (exact) mass is 416 g/mol. The fraction of sp³-hybridized carbons (Fsp3) is 0.200. The molecule has 29 heavy (non-hydrogen) atoms. The summed E-state index contributed by atoms with van der Waals surface area (Å²) in [7, 11) is -1.03. The number of nitrogens with one attached hydrogen (secondary N) is 1. The molecule has 0 aliphatic carbocycles. The van der Waals surface area contributed by atoms with Crippen molar-refractivity contribution >= 4 is 27.6 Å². The molecular formula is C20H20N2O6S. The normalized spacial score (nSPS) is 10.5. The Morgan fingerprint density at radius 3 is 2.41 bits per heavy atom. The molecule has 0 aliphatic heterocycles. The maximum absolute atomic E-state index is 12.9. The summed E-state index contributed by atoms with van der Waals surface area (Å²) in [6.45, 7) is -0.459. The molecule has 0 unspecified atom stereocenters. The molecule has 1 N–H and O–H groups in total. The van der Waals surface area contributed by atoms with Crippen LogP contribution in [0.2, 0.25) is 0 Å². The Morgan fingerprint density at radius 1 is 1.14 bits per heavy atom. The van der Waals surface area contributed by atoms with E-state index in [1.165, 1.54) is 38.4 Å². The van der Waals surface area contributed by atoms with Crippen molar-refractivity contribution in [2.45, 2.75) is 4.90 Å². The van der Waals surface area contributed by atoms with Crippen molar-refractivity contribution in [3.63, 3.8) is 0 Å². The number of sulfonamides is 1. The maximum atomic E-state index is 12.9. The van der Waals surface area contributed by atoms with E-state index in [4.69, 9.17) is 15.9 Å². The van der Waals surface area contributed by atoms with Gasteiger partial charge >= 0.3 is 5.97 Å². The topological polar surface area (TPSA) is 102 Å². The molecule has 2 aromatic carbocycles. The average molecular weight is 416 g/mol. The van der Waals surface area contributed by atoms with Crippen LogP contribution in [0.1, 0.15) is 10.4 Å². The molecule has 0 aromatic heterocycles. The van der Waals surface area contributed by atoms with Gasteiger partial charge in [0.15, 0.2) is 6.61 Å². The number of esters is 1. The van der Waals surface area contributed by atoms with Crippen molar-refractivity contribution in [2.75, 3.05) is 31.6 Å². The SMILES string of the molecule is C#CCNC(=O)COC(=O)c1ccc(S(=O)(=O)N(C)c2ccccc2OC)cc1. The summed E-state index contributed by atoms with van der Waals surface area (Å²) in [4.78, 5) is 23.4. The number of amides is 1. The maximum Gasteiger partial charge on any atom is 0.338 e. The van der Waals surface area contributed by atoms with E-state index in [1.807, 2.05) is 0 Å². The van der Waals surface area contributed by atoms with Gasteiger partial charge in [-0.1, -0.05) is 18.1 Å². The molecule has 0 heterocycles. The minimum absolute atomic E-state index is 0.0192. The van der Waals surface area contributed by atoms with E-state index >= 15 is 0 Å². The Kier molecular flexibility index (Phi) is 7.22. The fourth-order valence-corrected chi connectivity index (χ4v) is 3.56. The third kappa shape index (κ3) is 5.27. The molecule has 8 nitrogen and oxygen atoms in total. The number of ether oxygens (including phenoxy) is 2. The average Bonchev–Trinajstić information content (AvgIpc) is 2.75. The molecule has 0 aliphatic rings. The Morgan fingerprint density at radius 2 is 1.79 bits per heavy atom. The van der Waals surface area contributed by atoms with Crippen LogP contribution in [0, 0.1) is 12.3 Å². The summed E-state index contributed by atoms with van der Waals surface area (Å²) in [6, 6.07) is 11.9. The van der Waals surface area contributed by atoms with E-state index in [-0.39, 0.29) is 17.0 Å². The van der Waals surface area contributed by atoms with Gasteiger partial charge in [0.1, 0.15) is 5.75 Å². The first-order chi connectivity index (χ1) is 13.8. The number of anilines is 1. The number of para-hydroxylation sites is 2. The van der Waals surface area contributed by atoms with Crippen molar-refractivity contribution in [1.82, 2.24) is 5.32 Å². The predicted molar refractivity (Wildman–Crippen MR) is 107 cm³/mol. The van der Waals surface area contributed by atoms with Crippen LogP contribution < -0.4 is 14.4 Å². The summed E-state index contributed by atoms with van der Waals surface area (Å²) < 4.78 is 36.9. The van der Waals surface area contributed by atoms with E-state index < -0.39 is 28.5 Å². The van der Waals surface area contributed by atoms with Gasteiger partial charge in [0.05, 0.1) is 29.8 Å². The minimum Gasteiger partial charge on any atom is -0.495 e. The number of benzene rings is 2. The quantitative estimate of drug-likeness (QED) is 0.516. The summed E-state index contributed by atoms with van der Waals surface area (Å²) in [5, 5.41) is 2.36. The van der Waals surface area contributed by atoms with Crippen LogP contribution in [0.5, 0.6) is 5.75 Å². The first-order valence-electron chi connectivity index (χ1n) is 8.40. The van der Waals surface area contributed by atoms with Gasteiger partial charge in [-0.3, -0.25) is 9.10 Å². The fourth-order valence-electron chi connectivity index (χ4n) is 2.36. The lowest BCUT2D eigenvalue weighted by Crippen LogP contribution is -2.29. The van der Waals surface area contributed by atoms with Gasteiger partial charge in [-0.15, -0.1) is 6.42 Å². The second-order valence-corrected chi connectivity index (χ2v) is 7.70. The Hall–Kier alpha value is -3.51. The van der Waals surface area contributed by atoms with Crippen LogP contribution >= 0.6 is 0 Å². The number of carbonyl (C=O) groups excluding carboxylic acids is 2. The molecule has 1 amide bonds. The summed E-state index contributed by atoms with van der Waals surface area (Å²) in [6.07, 6.45) is 5.02. The second-order valence-electron chi connectivity index (χ2n) is 5.73. The molecule has 0 spiro atoms. The van der Waals surface area contributed by atoms with Crippen LogP contribution in [-0.2, 0) is 19.6 Å². The summed E-state index contributed by atoms with van der Waals surface area (Å²) in [5.41, 5.74) is 0.477. The van der Waals surface area contributed by atoms with Gasteiger partial charge < -0.3 is 14.8 Å². The third-order valence-corrected chi connectivity index (χ3v) is 5.68. The van der Waals surface area contributed by atoms with Crippen LogP contribution in [-0.4, -0.2) is 47.6 Å². The second kappa shape index (κ2) is 9.61.